The van der Waals surface area contributed by atoms with Gasteiger partial charge in [0.15, 0.2) is 17.5 Å². The van der Waals surface area contributed by atoms with Crippen molar-refractivity contribution >= 4 is 21.8 Å². The third-order valence-corrected chi connectivity index (χ3v) is 11.8. The van der Waals surface area contributed by atoms with Crippen LogP contribution < -0.4 is 0 Å². The van der Waals surface area contributed by atoms with Crippen LogP contribution in [0.3, 0.4) is 0 Å². The van der Waals surface area contributed by atoms with Crippen LogP contribution in [0, 0.1) is 0 Å². The van der Waals surface area contributed by atoms with Crippen LogP contribution in [0.2, 0.25) is 0 Å². The Kier molecular flexibility index (Phi) is 7.37. The van der Waals surface area contributed by atoms with Gasteiger partial charge in [0, 0.05) is 21.9 Å². The van der Waals surface area contributed by atoms with Gasteiger partial charge >= 0.3 is 0 Å². The summed E-state index contributed by atoms with van der Waals surface area (Å²) in [6.07, 6.45) is 0. The lowest BCUT2D eigenvalue weighted by Gasteiger charge is -2.19. The molecule has 0 spiro atoms. The zero-order valence-electron chi connectivity index (χ0n) is 47.6. The molecule has 0 saturated carbocycles. The monoisotopic (exact) mass is 866 g/mol. The molecule has 10 aromatic carbocycles. The van der Waals surface area contributed by atoms with E-state index in [1.54, 1.807) is 12.1 Å². The van der Waals surface area contributed by atoms with Gasteiger partial charge in [0.05, 0.1) is 38.7 Å². The number of para-hydroxylation sites is 1. The molecular weight excluding hydrogens is 813 g/mol. The quantitative estimate of drug-likeness (QED) is 0.145. The smallest absolute Gasteiger partial charge is 0.166 e. The summed E-state index contributed by atoms with van der Waals surface area (Å²) in [5.74, 6) is 0.762. The summed E-state index contributed by atoms with van der Waals surface area (Å²) in [5.41, 5.74) is 7.52. The molecule has 314 valence electrons. The Labute approximate surface area is 406 Å². The van der Waals surface area contributed by atoms with Crippen LogP contribution >= 0.6 is 0 Å². The normalized spacial score (nSPS) is 13.8. The summed E-state index contributed by atoms with van der Waals surface area (Å²) in [5, 5.41) is -0.375. The SMILES string of the molecule is [2H]c1c([2H])c([2H])c(-c2c([2H])c([2H])c3c(c2[2H])c2c([2H])c([2H])c([2H])c([2H])c2n3-c2cccc(-c3cc(-c4ccccc4)cc(-c4ccccc4)c3)c2-c2nc(-c3ccccc3)nc(-c3ccc(-c4ccccc4)cc3)n2)c([2H])c1[2H]. The van der Waals surface area contributed by atoms with Crippen LogP contribution in [0.25, 0.3) is 117 Å². The number of rotatable bonds is 9. The molecule has 0 bridgehead atoms. The first-order valence-electron chi connectivity index (χ1n) is 27.7. The average Bonchev–Trinajstić information content (AvgIpc) is 3.33. The Hall–Kier alpha value is -8.99. The second kappa shape index (κ2) is 17.2. The Balaban J connectivity index is 1.24. The van der Waals surface area contributed by atoms with Gasteiger partial charge in [0.1, 0.15) is 0 Å². The largest absolute Gasteiger partial charge is 0.308 e. The van der Waals surface area contributed by atoms with Crippen molar-refractivity contribution in [3.8, 4) is 95.5 Å². The van der Waals surface area contributed by atoms with Crippen molar-refractivity contribution in [1.82, 2.24) is 19.5 Å². The molecule has 4 heteroatoms. The van der Waals surface area contributed by atoms with Crippen molar-refractivity contribution in [2.24, 2.45) is 0 Å². The Bertz CT molecular complexity index is 4340. The first kappa shape index (κ1) is 28.7. The van der Waals surface area contributed by atoms with Crippen LogP contribution in [-0.4, -0.2) is 19.5 Å². The van der Waals surface area contributed by atoms with E-state index in [-0.39, 0.29) is 33.3 Å². The van der Waals surface area contributed by atoms with E-state index in [4.69, 9.17) is 24.5 Å². The van der Waals surface area contributed by atoms with Crippen LogP contribution in [0.15, 0.2) is 255 Å². The summed E-state index contributed by atoms with van der Waals surface area (Å²) in [6.45, 7) is 0. The molecular formula is C63H42N4. The highest BCUT2D eigenvalue weighted by Gasteiger charge is 2.24. The highest BCUT2D eigenvalue weighted by Crippen LogP contribution is 2.43. The summed E-state index contributed by atoms with van der Waals surface area (Å²) in [6, 6.07) is 51.1. The van der Waals surface area contributed by atoms with Gasteiger partial charge in [-0.25, -0.2) is 15.0 Å². The average molecular weight is 867 g/mol. The molecule has 0 amide bonds. The molecule has 0 aliphatic rings. The molecule has 2 aromatic heterocycles. The zero-order chi connectivity index (χ0) is 55.0. The van der Waals surface area contributed by atoms with Crippen LogP contribution in [-0.2, 0) is 0 Å². The van der Waals surface area contributed by atoms with Crippen molar-refractivity contribution in [3.63, 3.8) is 0 Å². The Morgan fingerprint density at radius 2 is 0.791 bits per heavy atom. The van der Waals surface area contributed by atoms with E-state index < -0.39 is 83.6 Å². The molecule has 0 N–H and O–H groups in total. The lowest BCUT2D eigenvalue weighted by molar-refractivity contribution is 1.06. The molecule has 0 fully saturated rings. The third kappa shape index (κ3) is 7.57. The summed E-state index contributed by atoms with van der Waals surface area (Å²) < 4.78 is 111. The summed E-state index contributed by atoms with van der Waals surface area (Å²) in [7, 11) is 0. The van der Waals surface area contributed by atoms with Gasteiger partial charge in [-0.15, -0.1) is 0 Å². The predicted octanol–water partition coefficient (Wildman–Crippen LogP) is 16.3. The van der Waals surface area contributed by atoms with Gasteiger partial charge < -0.3 is 4.57 Å². The van der Waals surface area contributed by atoms with Crippen LogP contribution in [0.1, 0.15) is 16.4 Å². The summed E-state index contributed by atoms with van der Waals surface area (Å²) in [4.78, 5) is 15.7. The van der Waals surface area contributed by atoms with E-state index in [1.807, 2.05) is 152 Å². The van der Waals surface area contributed by atoms with Gasteiger partial charge in [-0.1, -0.05) is 212 Å². The van der Waals surface area contributed by atoms with E-state index >= 15 is 0 Å². The number of fused-ring (bicyclic) bond motifs is 3. The third-order valence-electron chi connectivity index (χ3n) is 11.8. The molecule has 12 aromatic rings. The second-order valence-corrected chi connectivity index (χ2v) is 15.9. The molecule has 0 unspecified atom stereocenters. The number of aromatic nitrogens is 4. The first-order chi connectivity index (χ1) is 38.2. The Morgan fingerprint density at radius 1 is 0.313 bits per heavy atom. The number of nitrogens with zero attached hydrogens (tertiary/aromatic N) is 4. The van der Waals surface area contributed by atoms with Crippen molar-refractivity contribution in [1.29, 1.82) is 0 Å². The van der Waals surface area contributed by atoms with E-state index in [9.17, 15) is 6.85 Å². The van der Waals surface area contributed by atoms with Crippen LogP contribution in [0.5, 0.6) is 0 Å². The van der Waals surface area contributed by atoms with Crippen LogP contribution in [0.4, 0.5) is 0 Å². The highest BCUT2D eigenvalue weighted by molar-refractivity contribution is 6.11. The molecule has 0 aliphatic heterocycles. The number of hydrogen-bond acceptors (Lipinski definition) is 3. The topological polar surface area (TPSA) is 43.6 Å². The van der Waals surface area contributed by atoms with Crippen molar-refractivity contribution in [3.05, 3.63) is 255 Å². The van der Waals surface area contributed by atoms with E-state index in [0.29, 0.717) is 39.5 Å². The van der Waals surface area contributed by atoms with E-state index in [2.05, 4.69) is 18.2 Å². The summed E-state index contributed by atoms with van der Waals surface area (Å²) >= 11 is 0. The fourth-order valence-electron chi connectivity index (χ4n) is 8.61. The Morgan fingerprint density at radius 3 is 1.42 bits per heavy atom. The van der Waals surface area contributed by atoms with Crippen molar-refractivity contribution in [2.45, 2.75) is 0 Å². The standard InChI is InChI=1S/C63H42N4/c1-6-19-43(20-7-1)47-33-35-49(36-34-47)62-64-61(48-27-14-5-15-28-48)65-63(66-62)60-54(53-40-51(45-23-10-3-11-24-45)39-52(41-53)46-25-12-4-13-26-46)30-18-32-59(60)67-57-31-17-16-29-55(57)56-42-50(37-38-58(56)67)44-21-8-2-9-22-44/h1-42H/i2D,8D,9D,16D,17D,21D,22D,29D,31D,37D,38D,42D. The lowest BCUT2D eigenvalue weighted by atomic mass is 9.90. The predicted molar refractivity (Wildman–Crippen MR) is 278 cm³/mol. The molecule has 0 saturated heterocycles. The van der Waals surface area contributed by atoms with Gasteiger partial charge in [-0.3, -0.25) is 0 Å². The minimum Gasteiger partial charge on any atom is -0.308 e. The lowest BCUT2D eigenvalue weighted by Crippen LogP contribution is -2.05. The highest BCUT2D eigenvalue weighted by atomic mass is 15.1. The van der Waals surface area contributed by atoms with E-state index in [0.717, 1.165) is 33.4 Å². The molecule has 0 radical (unpaired) electrons. The maximum atomic E-state index is 9.95. The van der Waals surface area contributed by atoms with Gasteiger partial charge in [-0.2, -0.15) is 0 Å². The molecule has 2 heterocycles. The maximum absolute atomic E-state index is 9.95. The molecule has 4 nitrogen and oxygen atoms in total. The molecule has 67 heavy (non-hydrogen) atoms. The first-order valence-corrected chi connectivity index (χ1v) is 21.7. The van der Waals surface area contributed by atoms with Crippen molar-refractivity contribution < 1.29 is 16.4 Å². The molecule has 12 rings (SSSR count). The fraction of sp³-hybridized carbons (Fsp3) is 0. The minimum absolute atomic E-state index is 0.142. The minimum atomic E-state index is -0.710. The zero-order valence-corrected chi connectivity index (χ0v) is 35.6. The maximum Gasteiger partial charge on any atom is 0.166 e. The van der Waals surface area contributed by atoms with E-state index in [1.165, 1.54) is 4.57 Å². The molecule has 0 aliphatic carbocycles. The van der Waals surface area contributed by atoms with Gasteiger partial charge in [0.2, 0.25) is 0 Å². The fourth-order valence-corrected chi connectivity index (χ4v) is 8.61. The van der Waals surface area contributed by atoms with Crippen molar-refractivity contribution in [2.75, 3.05) is 0 Å². The van der Waals surface area contributed by atoms with Gasteiger partial charge in [0.25, 0.3) is 0 Å². The number of benzene rings is 10. The van der Waals surface area contributed by atoms with Gasteiger partial charge in [-0.05, 0) is 98.0 Å². The second-order valence-electron chi connectivity index (χ2n) is 15.9. The molecule has 0 atom stereocenters. The number of hydrogen-bond donors (Lipinski definition) is 0.